The van der Waals surface area contributed by atoms with Crippen LogP contribution in [0.15, 0.2) is 12.7 Å². The van der Waals surface area contributed by atoms with Crippen LogP contribution in [0.25, 0.3) is 0 Å². The molecular formula is C7H13N2+. The normalized spacial score (nSPS) is 26.2. The van der Waals surface area contributed by atoms with Gasteiger partial charge in [-0.1, -0.05) is 6.58 Å². The molecular weight excluding hydrogens is 112 g/mol. The number of amidine groups is 1. The predicted molar refractivity (Wildman–Crippen MR) is 38.9 cm³/mol. The Morgan fingerprint density at radius 3 is 2.78 bits per heavy atom. The number of rotatable bonds is 1. The van der Waals surface area contributed by atoms with Crippen molar-refractivity contribution in [1.82, 2.24) is 5.32 Å². The molecule has 1 heterocycles. The minimum Gasteiger partial charge on any atom is -0.274 e. The molecule has 0 radical (unpaired) electrons. The summed E-state index contributed by atoms with van der Waals surface area (Å²) < 4.78 is 2.19. The summed E-state index contributed by atoms with van der Waals surface area (Å²) in [6, 6.07) is 0.491. The van der Waals surface area contributed by atoms with Crippen molar-refractivity contribution in [3.63, 3.8) is 0 Å². The molecule has 0 aromatic rings. The molecule has 1 aliphatic heterocycles. The average molecular weight is 125 g/mol. The van der Waals surface area contributed by atoms with Gasteiger partial charge in [0, 0.05) is 6.92 Å². The van der Waals surface area contributed by atoms with Crippen molar-refractivity contribution in [2.45, 2.75) is 13.0 Å². The third kappa shape index (κ3) is 0.969. The second-order valence-electron chi connectivity index (χ2n) is 2.38. The number of nitrogens with one attached hydrogen (secondary N) is 1. The van der Waals surface area contributed by atoms with Gasteiger partial charge in [-0.05, 0) is 6.08 Å². The highest BCUT2D eigenvalue weighted by molar-refractivity contribution is 5.75. The second-order valence-corrected chi connectivity index (χ2v) is 2.38. The first-order valence-corrected chi connectivity index (χ1v) is 3.18. The summed E-state index contributed by atoms with van der Waals surface area (Å²) in [6.07, 6.45) is 1.96. The molecule has 0 saturated carbocycles. The van der Waals surface area contributed by atoms with Gasteiger partial charge in [0.1, 0.15) is 6.54 Å². The lowest BCUT2D eigenvalue weighted by molar-refractivity contribution is -0.514. The van der Waals surface area contributed by atoms with E-state index in [1.54, 1.807) is 0 Å². The van der Waals surface area contributed by atoms with E-state index >= 15 is 0 Å². The Kier molecular flexibility index (Phi) is 1.56. The van der Waals surface area contributed by atoms with Crippen LogP contribution in [0, 0.1) is 0 Å². The highest BCUT2D eigenvalue weighted by Crippen LogP contribution is 1.95. The number of nitrogens with zero attached hydrogens (tertiary/aromatic N) is 1. The van der Waals surface area contributed by atoms with Gasteiger partial charge in [0.15, 0.2) is 6.04 Å². The molecule has 2 heteroatoms. The molecule has 0 aliphatic carbocycles. The maximum atomic E-state index is 3.73. The largest absolute Gasteiger partial charge is 0.274 e. The minimum atomic E-state index is 0.491. The van der Waals surface area contributed by atoms with Crippen molar-refractivity contribution in [3.05, 3.63) is 12.7 Å². The average Bonchev–Trinajstić information content (AvgIpc) is 2.15. The summed E-state index contributed by atoms with van der Waals surface area (Å²) in [5.74, 6) is 1.24. The van der Waals surface area contributed by atoms with E-state index in [2.05, 4.69) is 30.4 Å². The quantitative estimate of drug-likeness (QED) is 0.391. The van der Waals surface area contributed by atoms with Gasteiger partial charge in [-0.2, -0.15) is 0 Å². The van der Waals surface area contributed by atoms with Crippen LogP contribution in [0.4, 0.5) is 0 Å². The molecule has 1 aliphatic rings. The zero-order chi connectivity index (χ0) is 6.85. The third-order valence-corrected chi connectivity index (χ3v) is 1.87. The van der Waals surface area contributed by atoms with E-state index in [0.29, 0.717) is 6.04 Å². The van der Waals surface area contributed by atoms with Crippen LogP contribution in [-0.4, -0.2) is 30.0 Å². The number of hydrogen-bond donors (Lipinski definition) is 1. The van der Waals surface area contributed by atoms with Crippen LogP contribution in [0.5, 0.6) is 0 Å². The Morgan fingerprint density at radius 2 is 2.56 bits per heavy atom. The maximum Gasteiger partial charge on any atom is 0.242 e. The molecule has 9 heavy (non-hydrogen) atoms. The van der Waals surface area contributed by atoms with Crippen molar-refractivity contribution in [2.24, 2.45) is 0 Å². The van der Waals surface area contributed by atoms with E-state index < -0.39 is 0 Å². The van der Waals surface area contributed by atoms with E-state index in [1.807, 2.05) is 6.08 Å². The zero-order valence-corrected chi connectivity index (χ0v) is 6.02. The zero-order valence-electron chi connectivity index (χ0n) is 6.02. The molecule has 0 bridgehead atoms. The van der Waals surface area contributed by atoms with E-state index in [4.69, 9.17) is 0 Å². The smallest absolute Gasteiger partial charge is 0.242 e. The summed E-state index contributed by atoms with van der Waals surface area (Å²) in [5.41, 5.74) is 0. The summed E-state index contributed by atoms with van der Waals surface area (Å²) in [4.78, 5) is 0. The maximum absolute atomic E-state index is 3.73. The first-order chi connectivity index (χ1) is 4.25. The fourth-order valence-corrected chi connectivity index (χ4v) is 1.00. The number of hydrogen-bond acceptors (Lipinski definition) is 1. The lowest BCUT2D eigenvalue weighted by Crippen LogP contribution is -2.19. The minimum absolute atomic E-state index is 0.491. The van der Waals surface area contributed by atoms with Gasteiger partial charge in [0.2, 0.25) is 5.84 Å². The Labute approximate surface area is 55.9 Å². The van der Waals surface area contributed by atoms with Gasteiger partial charge in [0.05, 0.1) is 7.05 Å². The van der Waals surface area contributed by atoms with Gasteiger partial charge < -0.3 is 0 Å². The van der Waals surface area contributed by atoms with Crippen LogP contribution < -0.4 is 5.32 Å². The molecule has 0 aromatic carbocycles. The summed E-state index contributed by atoms with van der Waals surface area (Å²) in [5, 5.41) is 3.24. The first kappa shape index (κ1) is 6.33. The fourth-order valence-electron chi connectivity index (χ4n) is 1.00. The molecule has 2 nitrogen and oxygen atoms in total. The summed E-state index contributed by atoms with van der Waals surface area (Å²) in [7, 11) is 2.07. The summed E-state index contributed by atoms with van der Waals surface area (Å²) >= 11 is 0. The van der Waals surface area contributed by atoms with Crippen LogP contribution in [0.1, 0.15) is 6.92 Å². The molecule has 1 unspecified atom stereocenters. The van der Waals surface area contributed by atoms with E-state index in [1.165, 1.54) is 5.84 Å². The van der Waals surface area contributed by atoms with E-state index in [9.17, 15) is 0 Å². The van der Waals surface area contributed by atoms with Crippen LogP contribution in [0.3, 0.4) is 0 Å². The molecule has 1 atom stereocenters. The lowest BCUT2D eigenvalue weighted by atomic mass is 10.3. The van der Waals surface area contributed by atoms with Crippen LogP contribution in [-0.2, 0) is 0 Å². The van der Waals surface area contributed by atoms with Gasteiger partial charge in [0.25, 0.3) is 0 Å². The molecule has 0 amide bonds. The fraction of sp³-hybridized carbons (Fsp3) is 0.571. The van der Waals surface area contributed by atoms with Crippen molar-refractivity contribution in [2.75, 3.05) is 13.6 Å². The standard InChI is InChI=1S/C7H12N2/c1-4-7-5-8-6(2)9(7)3/h4,7H,1,5H2,2-3H3/p+1. The van der Waals surface area contributed by atoms with Gasteiger partial charge >= 0.3 is 0 Å². The van der Waals surface area contributed by atoms with Crippen LogP contribution >= 0.6 is 0 Å². The van der Waals surface area contributed by atoms with Crippen molar-refractivity contribution < 1.29 is 4.58 Å². The van der Waals surface area contributed by atoms with Crippen LogP contribution in [0.2, 0.25) is 0 Å². The molecule has 0 saturated heterocycles. The Morgan fingerprint density at radius 1 is 1.89 bits per heavy atom. The Balaban J connectivity index is 2.74. The molecule has 0 fully saturated rings. The van der Waals surface area contributed by atoms with Gasteiger partial charge in [-0.3, -0.25) is 9.89 Å². The highest BCUT2D eigenvalue weighted by Gasteiger charge is 2.21. The SMILES string of the molecule is C=CC1CNC(C)=[N+]1C. The molecule has 0 spiro atoms. The van der Waals surface area contributed by atoms with E-state index in [0.717, 1.165) is 6.54 Å². The second kappa shape index (κ2) is 2.21. The monoisotopic (exact) mass is 125 g/mol. The predicted octanol–water partition coefficient (Wildman–Crippen LogP) is 0.205. The Bertz CT molecular complexity index is 158. The molecule has 0 aromatic heterocycles. The van der Waals surface area contributed by atoms with Gasteiger partial charge in [-0.25, -0.2) is 0 Å². The van der Waals surface area contributed by atoms with Crippen molar-refractivity contribution in [3.8, 4) is 0 Å². The van der Waals surface area contributed by atoms with Crippen molar-refractivity contribution in [1.29, 1.82) is 0 Å². The first-order valence-electron chi connectivity index (χ1n) is 3.18. The highest BCUT2D eigenvalue weighted by atomic mass is 15.2. The lowest BCUT2D eigenvalue weighted by Gasteiger charge is -1.98. The van der Waals surface area contributed by atoms with E-state index in [-0.39, 0.29) is 0 Å². The van der Waals surface area contributed by atoms with Gasteiger partial charge in [-0.15, -0.1) is 0 Å². The molecule has 1 rings (SSSR count). The summed E-state index contributed by atoms with van der Waals surface area (Å²) in [6.45, 7) is 6.81. The topological polar surface area (TPSA) is 15.0 Å². The third-order valence-electron chi connectivity index (χ3n) is 1.87. The van der Waals surface area contributed by atoms with Crippen molar-refractivity contribution >= 4 is 5.84 Å². The molecule has 1 N–H and O–H groups in total. The molecule has 50 valence electrons. The number of likely N-dealkylation sites (N-methyl/N-ethyl adjacent to an activating group) is 1. The Hall–Kier alpha value is -0.790.